The van der Waals surface area contributed by atoms with Crippen LogP contribution in [0.1, 0.15) is 48.1 Å². The van der Waals surface area contributed by atoms with Gasteiger partial charge in [-0.3, -0.25) is 14.2 Å². The normalized spacial score (nSPS) is 12.4. The largest absolute Gasteiger partial charge is 0.495 e. The Morgan fingerprint density at radius 3 is 2.41 bits per heavy atom. The fraction of sp³-hybridized carbons (Fsp3) is 0.250. The highest BCUT2D eigenvalue weighted by molar-refractivity contribution is 5.94. The molecule has 0 aliphatic rings. The number of rotatable bonds is 7. The molecule has 0 spiro atoms. The van der Waals surface area contributed by atoms with E-state index in [1.54, 1.807) is 55.5 Å². The first-order valence-electron chi connectivity index (χ1n) is 11.8. The average molecular weight is 510 g/mol. The van der Waals surface area contributed by atoms with Crippen molar-refractivity contribution in [3.8, 4) is 11.4 Å². The summed E-state index contributed by atoms with van der Waals surface area (Å²) in [7, 11) is 1.49. The van der Waals surface area contributed by atoms with E-state index in [9.17, 15) is 22.8 Å². The summed E-state index contributed by atoms with van der Waals surface area (Å²) in [6.45, 7) is 3.75. The maximum Gasteiger partial charge on any atom is 0.416 e. The summed E-state index contributed by atoms with van der Waals surface area (Å²) in [6, 6.07) is 17.5. The molecule has 4 rings (SSSR count). The molecular formula is C28H26F3N3O3. The number of hydrogen-bond acceptors (Lipinski definition) is 4. The Bertz CT molecular complexity index is 1500. The molecule has 4 aromatic rings. The van der Waals surface area contributed by atoms with Crippen molar-refractivity contribution in [1.82, 2.24) is 14.5 Å². The van der Waals surface area contributed by atoms with Crippen molar-refractivity contribution >= 4 is 16.8 Å². The second kappa shape index (κ2) is 10.5. The summed E-state index contributed by atoms with van der Waals surface area (Å²) in [5.41, 5.74) is -0.440. The third-order valence-corrected chi connectivity index (χ3v) is 6.23. The molecule has 1 unspecified atom stereocenters. The molecule has 0 saturated carbocycles. The van der Waals surface area contributed by atoms with Gasteiger partial charge in [0.15, 0.2) is 0 Å². The van der Waals surface area contributed by atoms with Crippen molar-refractivity contribution in [3.63, 3.8) is 0 Å². The van der Waals surface area contributed by atoms with Gasteiger partial charge >= 0.3 is 6.18 Å². The van der Waals surface area contributed by atoms with Crippen molar-refractivity contribution in [2.45, 2.75) is 32.5 Å². The van der Waals surface area contributed by atoms with Crippen LogP contribution in [0.4, 0.5) is 13.2 Å². The van der Waals surface area contributed by atoms with Gasteiger partial charge in [0.05, 0.1) is 35.3 Å². The number of halogens is 3. The molecule has 0 fully saturated rings. The third-order valence-electron chi connectivity index (χ3n) is 6.23. The Hall–Kier alpha value is -4.14. The van der Waals surface area contributed by atoms with E-state index in [-0.39, 0.29) is 23.5 Å². The van der Waals surface area contributed by atoms with Crippen LogP contribution in [0, 0.1) is 0 Å². The number of fused-ring (bicyclic) bond motifs is 1. The summed E-state index contributed by atoms with van der Waals surface area (Å²) in [5, 5.41) is 0.388. The molecule has 1 amide bonds. The first kappa shape index (κ1) is 25.9. The van der Waals surface area contributed by atoms with Crippen molar-refractivity contribution in [1.29, 1.82) is 0 Å². The number of para-hydroxylation sites is 3. The number of carbonyl (C=O) groups is 1. The highest BCUT2D eigenvalue weighted by Gasteiger charge is 2.33. The smallest absolute Gasteiger partial charge is 0.416 e. The minimum atomic E-state index is -4.58. The van der Waals surface area contributed by atoms with Gasteiger partial charge in [-0.1, -0.05) is 37.3 Å². The minimum Gasteiger partial charge on any atom is -0.495 e. The molecule has 6 nitrogen and oxygen atoms in total. The van der Waals surface area contributed by atoms with E-state index in [1.807, 2.05) is 6.92 Å². The molecule has 1 aromatic heterocycles. The van der Waals surface area contributed by atoms with Gasteiger partial charge < -0.3 is 9.64 Å². The molecule has 0 aliphatic heterocycles. The Kier molecular flexibility index (Phi) is 7.33. The molecule has 9 heteroatoms. The van der Waals surface area contributed by atoms with Gasteiger partial charge in [-0.15, -0.1) is 0 Å². The summed E-state index contributed by atoms with van der Waals surface area (Å²) < 4.78 is 46.9. The maximum atomic E-state index is 13.8. The molecule has 0 aliphatic carbocycles. The van der Waals surface area contributed by atoms with Crippen LogP contribution < -0.4 is 10.3 Å². The zero-order valence-electron chi connectivity index (χ0n) is 20.6. The van der Waals surface area contributed by atoms with Crippen molar-refractivity contribution in [3.05, 3.63) is 100 Å². The number of nitrogens with zero attached hydrogens (tertiary/aromatic N) is 3. The summed E-state index contributed by atoms with van der Waals surface area (Å²) in [5.74, 6) is 0.136. The second-order valence-electron chi connectivity index (χ2n) is 8.39. The summed E-state index contributed by atoms with van der Waals surface area (Å²) >= 11 is 0. The number of aromatic nitrogens is 2. The fourth-order valence-corrected chi connectivity index (χ4v) is 4.46. The van der Waals surface area contributed by atoms with E-state index in [0.29, 0.717) is 28.8 Å². The van der Waals surface area contributed by atoms with Crippen LogP contribution in [-0.2, 0) is 6.18 Å². The molecule has 0 radical (unpaired) electrons. The maximum absolute atomic E-state index is 13.8. The summed E-state index contributed by atoms with van der Waals surface area (Å²) in [4.78, 5) is 33.6. The molecule has 0 N–H and O–H groups in total. The third kappa shape index (κ3) is 4.94. The topological polar surface area (TPSA) is 64.4 Å². The number of amides is 1. The molecule has 3 aromatic carbocycles. The fourth-order valence-electron chi connectivity index (χ4n) is 4.46. The lowest BCUT2D eigenvalue weighted by atomic mass is 10.1. The van der Waals surface area contributed by atoms with Gasteiger partial charge in [-0.05, 0) is 55.8 Å². The molecule has 1 atom stereocenters. The first-order valence-corrected chi connectivity index (χ1v) is 11.8. The van der Waals surface area contributed by atoms with Crippen LogP contribution in [0.3, 0.4) is 0 Å². The van der Waals surface area contributed by atoms with Crippen molar-refractivity contribution < 1.29 is 22.7 Å². The first-order chi connectivity index (χ1) is 17.7. The molecule has 192 valence electrons. The SMILES string of the molecule is CCC(c1nc2ccccc2c(=O)n1-c1ccccc1OC)N(CC)C(=O)c1cccc(C(F)(F)F)c1. The standard InChI is InChI=1S/C28H26F3N3O3/c1-4-22(33(5-2)26(35)18-11-10-12-19(17-18)28(29,30)31)25-32-21-14-7-6-13-20(21)27(36)34(25)23-15-8-9-16-24(23)37-3/h6-17,22H,4-5H2,1-3H3. The van der Waals surface area contributed by atoms with Crippen molar-refractivity contribution in [2.24, 2.45) is 0 Å². The minimum absolute atomic E-state index is 0.0953. The lowest BCUT2D eigenvalue weighted by Crippen LogP contribution is -2.38. The number of benzene rings is 3. The van der Waals surface area contributed by atoms with Crippen LogP contribution in [0.15, 0.2) is 77.6 Å². The number of methoxy groups -OCH3 is 1. The molecule has 0 bridgehead atoms. The highest BCUT2D eigenvalue weighted by Crippen LogP contribution is 2.32. The molecule has 1 heterocycles. The zero-order chi connectivity index (χ0) is 26.7. The molecule has 37 heavy (non-hydrogen) atoms. The van der Waals surface area contributed by atoms with Crippen molar-refractivity contribution in [2.75, 3.05) is 13.7 Å². The van der Waals surface area contributed by atoms with E-state index in [1.165, 1.54) is 28.7 Å². The predicted octanol–water partition coefficient (Wildman–Crippen LogP) is 6.03. The lowest BCUT2D eigenvalue weighted by molar-refractivity contribution is -0.137. The van der Waals surface area contributed by atoms with E-state index in [2.05, 4.69) is 0 Å². The van der Waals surface area contributed by atoms with E-state index in [4.69, 9.17) is 9.72 Å². The number of carbonyl (C=O) groups excluding carboxylic acids is 1. The van der Waals surface area contributed by atoms with Crippen LogP contribution in [0.25, 0.3) is 16.6 Å². The zero-order valence-corrected chi connectivity index (χ0v) is 20.6. The monoisotopic (exact) mass is 509 g/mol. The molecule has 0 saturated heterocycles. The lowest BCUT2D eigenvalue weighted by Gasteiger charge is -2.32. The van der Waals surface area contributed by atoms with Gasteiger partial charge in [0, 0.05) is 12.1 Å². The Morgan fingerprint density at radius 2 is 1.73 bits per heavy atom. The quantitative estimate of drug-likeness (QED) is 0.305. The number of ether oxygens (including phenoxy) is 1. The highest BCUT2D eigenvalue weighted by atomic mass is 19.4. The van der Waals surface area contributed by atoms with Crippen LogP contribution >= 0.6 is 0 Å². The van der Waals surface area contributed by atoms with E-state index < -0.39 is 23.7 Å². The van der Waals surface area contributed by atoms with Gasteiger partial charge in [-0.25, -0.2) is 4.98 Å². The Morgan fingerprint density at radius 1 is 1.03 bits per heavy atom. The van der Waals surface area contributed by atoms with Gasteiger partial charge in [0.2, 0.25) is 0 Å². The van der Waals surface area contributed by atoms with Gasteiger partial charge in [-0.2, -0.15) is 13.2 Å². The Labute approximate surface area is 211 Å². The van der Waals surface area contributed by atoms with E-state index >= 15 is 0 Å². The number of hydrogen-bond donors (Lipinski definition) is 0. The molecular weight excluding hydrogens is 483 g/mol. The predicted molar refractivity (Wildman–Crippen MR) is 135 cm³/mol. The second-order valence-corrected chi connectivity index (χ2v) is 8.39. The van der Waals surface area contributed by atoms with Gasteiger partial charge in [0.1, 0.15) is 11.6 Å². The average Bonchev–Trinajstić information content (AvgIpc) is 2.91. The van der Waals surface area contributed by atoms with Crippen LogP contribution in [0.5, 0.6) is 5.75 Å². The number of alkyl halides is 3. The summed E-state index contributed by atoms with van der Waals surface area (Å²) in [6.07, 6.45) is -4.22. The van der Waals surface area contributed by atoms with Gasteiger partial charge in [0.25, 0.3) is 11.5 Å². The Balaban J connectivity index is 1.93. The van der Waals surface area contributed by atoms with Crippen LogP contribution in [-0.4, -0.2) is 34.0 Å². The van der Waals surface area contributed by atoms with E-state index in [0.717, 1.165) is 12.1 Å². The van der Waals surface area contributed by atoms with Crippen LogP contribution in [0.2, 0.25) is 0 Å².